The summed E-state index contributed by atoms with van der Waals surface area (Å²) in [7, 11) is 0. The predicted molar refractivity (Wildman–Crippen MR) is 93.5 cm³/mol. The fraction of sp³-hybridized carbons (Fsp3) is 0.778. The van der Waals surface area contributed by atoms with Crippen molar-refractivity contribution in [3.8, 4) is 0 Å². The van der Waals surface area contributed by atoms with Crippen LogP contribution < -0.4 is 9.80 Å². The maximum absolute atomic E-state index is 5.83. The molecule has 1 aromatic heterocycles. The fourth-order valence-electron chi connectivity index (χ4n) is 4.02. The number of hydrogen-bond donors (Lipinski definition) is 0. The van der Waals surface area contributed by atoms with E-state index in [2.05, 4.69) is 15.9 Å². The van der Waals surface area contributed by atoms with Crippen LogP contribution in [-0.4, -0.2) is 55.1 Å². The predicted octanol–water partition coefficient (Wildman–Crippen LogP) is 2.51. The van der Waals surface area contributed by atoms with Gasteiger partial charge in [-0.3, -0.25) is 0 Å². The Morgan fingerprint density at radius 2 is 1.38 bits per heavy atom. The number of ether oxygens (including phenoxy) is 2. The van der Waals surface area contributed by atoms with Crippen LogP contribution in [0, 0.1) is 6.92 Å². The van der Waals surface area contributed by atoms with E-state index in [9.17, 15) is 0 Å². The third kappa shape index (κ3) is 3.35. The van der Waals surface area contributed by atoms with Gasteiger partial charge in [0.1, 0.15) is 17.5 Å². The lowest BCUT2D eigenvalue weighted by molar-refractivity contribution is -0.169. The summed E-state index contributed by atoms with van der Waals surface area (Å²) in [4.78, 5) is 14.2. The van der Waals surface area contributed by atoms with Gasteiger partial charge >= 0.3 is 0 Å². The highest BCUT2D eigenvalue weighted by Gasteiger charge is 2.40. The molecule has 1 aromatic rings. The smallest absolute Gasteiger partial charge is 0.171 e. The van der Waals surface area contributed by atoms with E-state index < -0.39 is 0 Å². The molecule has 0 radical (unpaired) electrons. The summed E-state index contributed by atoms with van der Waals surface area (Å²) in [5.74, 6) is 2.68. The molecule has 3 aliphatic rings. The summed E-state index contributed by atoms with van der Waals surface area (Å²) in [5, 5.41) is 0. The standard InChI is InChI=1S/C18H28N4O2/c1-15-19-16(21-8-4-2-3-5-9-21)14-17(20-15)22-10-6-18(7-11-22)23-12-13-24-18/h14H,2-13H2,1H3. The van der Waals surface area contributed by atoms with E-state index in [0.717, 1.165) is 69.7 Å². The number of hydrogen-bond acceptors (Lipinski definition) is 6. The first-order chi connectivity index (χ1) is 11.7. The van der Waals surface area contributed by atoms with Gasteiger partial charge in [0.25, 0.3) is 0 Å². The minimum atomic E-state index is -0.327. The minimum Gasteiger partial charge on any atom is -0.356 e. The summed E-state index contributed by atoms with van der Waals surface area (Å²) in [6, 6.07) is 2.17. The zero-order chi connectivity index (χ0) is 16.4. The molecule has 0 unspecified atom stereocenters. The van der Waals surface area contributed by atoms with E-state index in [1.54, 1.807) is 0 Å². The lowest BCUT2D eigenvalue weighted by Gasteiger charge is -2.38. The van der Waals surface area contributed by atoms with E-state index in [1.165, 1.54) is 25.7 Å². The summed E-state index contributed by atoms with van der Waals surface area (Å²) in [5.41, 5.74) is 0. The third-order valence-electron chi connectivity index (χ3n) is 5.40. The van der Waals surface area contributed by atoms with E-state index >= 15 is 0 Å². The van der Waals surface area contributed by atoms with Crippen molar-refractivity contribution in [3.05, 3.63) is 11.9 Å². The number of aryl methyl sites for hydroxylation is 1. The molecule has 24 heavy (non-hydrogen) atoms. The first kappa shape index (κ1) is 16.1. The second-order valence-corrected chi connectivity index (χ2v) is 7.13. The second-order valence-electron chi connectivity index (χ2n) is 7.13. The zero-order valence-electron chi connectivity index (χ0n) is 14.7. The van der Waals surface area contributed by atoms with Crippen LogP contribution in [0.2, 0.25) is 0 Å². The lowest BCUT2D eigenvalue weighted by Crippen LogP contribution is -2.45. The Bertz CT molecular complexity index is 556. The van der Waals surface area contributed by atoms with Crippen molar-refractivity contribution < 1.29 is 9.47 Å². The summed E-state index contributed by atoms with van der Waals surface area (Å²) in [6.45, 7) is 7.53. The zero-order valence-corrected chi connectivity index (χ0v) is 14.7. The van der Waals surface area contributed by atoms with Crippen molar-refractivity contribution in [3.63, 3.8) is 0 Å². The molecule has 6 nitrogen and oxygen atoms in total. The highest BCUT2D eigenvalue weighted by atomic mass is 16.7. The largest absolute Gasteiger partial charge is 0.356 e. The molecule has 0 saturated carbocycles. The van der Waals surface area contributed by atoms with E-state index in [0.29, 0.717) is 0 Å². The average molecular weight is 332 g/mol. The molecule has 3 aliphatic heterocycles. The Balaban J connectivity index is 1.49. The molecular formula is C18H28N4O2. The van der Waals surface area contributed by atoms with E-state index in [4.69, 9.17) is 19.4 Å². The first-order valence-corrected chi connectivity index (χ1v) is 9.38. The number of aromatic nitrogens is 2. The average Bonchev–Trinajstić information content (AvgIpc) is 2.87. The molecule has 132 valence electrons. The Kier molecular flexibility index (Phi) is 4.59. The number of rotatable bonds is 2. The highest BCUT2D eigenvalue weighted by Crippen LogP contribution is 2.33. The van der Waals surface area contributed by atoms with Gasteiger partial charge in [-0.15, -0.1) is 0 Å². The van der Waals surface area contributed by atoms with Crippen molar-refractivity contribution >= 4 is 11.6 Å². The molecule has 0 aliphatic carbocycles. The molecule has 3 saturated heterocycles. The second kappa shape index (κ2) is 6.84. The lowest BCUT2D eigenvalue weighted by atomic mass is 10.0. The Morgan fingerprint density at radius 1 is 0.833 bits per heavy atom. The fourth-order valence-corrected chi connectivity index (χ4v) is 4.02. The van der Waals surface area contributed by atoms with Crippen LogP contribution in [0.1, 0.15) is 44.3 Å². The van der Waals surface area contributed by atoms with Crippen molar-refractivity contribution in [1.82, 2.24) is 9.97 Å². The van der Waals surface area contributed by atoms with Gasteiger partial charge in [0.15, 0.2) is 5.79 Å². The Labute approximate surface area is 144 Å². The Hall–Kier alpha value is -1.40. The maximum Gasteiger partial charge on any atom is 0.171 e. The molecule has 4 heterocycles. The molecule has 0 aromatic carbocycles. The van der Waals surface area contributed by atoms with Gasteiger partial charge in [-0.25, -0.2) is 9.97 Å². The number of nitrogens with zero attached hydrogens (tertiary/aromatic N) is 4. The van der Waals surface area contributed by atoms with Gasteiger partial charge in [0.2, 0.25) is 0 Å². The summed E-state index contributed by atoms with van der Waals surface area (Å²) in [6.07, 6.45) is 7.02. The first-order valence-electron chi connectivity index (χ1n) is 9.38. The Morgan fingerprint density at radius 3 is 1.96 bits per heavy atom. The maximum atomic E-state index is 5.83. The monoisotopic (exact) mass is 332 g/mol. The molecule has 6 heteroatoms. The molecule has 0 atom stereocenters. The molecule has 3 fully saturated rings. The summed E-state index contributed by atoms with van der Waals surface area (Å²) < 4.78 is 11.7. The van der Waals surface area contributed by atoms with Crippen molar-refractivity contribution in [2.45, 2.75) is 51.2 Å². The minimum absolute atomic E-state index is 0.327. The van der Waals surface area contributed by atoms with Crippen molar-refractivity contribution in [2.75, 3.05) is 49.2 Å². The molecule has 0 N–H and O–H groups in total. The quantitative estimate of drug-likeness (QED) is 0.829. The summed E-state index contributed by atoms with van der Waals surface area (Å²) >= 11 is 0. The van der Waals surface area contributed by atoms with Crippen LogP contribution in [0.15, 0.2) is 6.07 Å². The molecule has 0 bridgehead atoms. The van der Waals surface area contributed by atoms with Crippen molar-refractivity contribution in [2.24, 2.45) is 0 Å². The van der Waals surface area contributed by atoms with Gasteiger partial charge in [-0.2, -0.15) is 0 Å². The van der Waals surface area contributed by atoms with E-state index in [1.807, 2.05) is 6.92 Å². The highest BCUT2D eigenvalue weighted by molar-refractivity contribution is 5.51. The molecule has 0 amide bonds. The van der Waals surface area contributed by atoms with Crippen LogP contribution >= 0.6 is 0 Å². The normalized spacial score (nSPS) is 24.4. The van der Waals surface area contributed by atoms with E-state index in [-0.39, 0.29) is 5.79 Å². The van der Waals surface area contributed by atoms with Gasteiger partial charge in [0.05, 0.1) is 13.2 Å². The van der Waals surface area contributed by atoms with Gasteiger partial charge < -0.3 is 19.3 Å². The molecule has 4 rings (SSSR count). The van der Waals surface area contributed by atoms with Crippen LogP contribution in [-0.2, 0) is 9.47 Å². The molecule has 1 spiro atoms. The SMILES string of the molecule is Cc1nc(N2CCCCCC2)cc(N2CCC3(CC2)OCCO3)n1. The van der Waals surface area contributed by atoms with Gasteiger partial charge in [-0.05, 0) is 19.8 Å². The van der Waals surface area contributed by atoms with Crippen molar-refractivity contribution in [1.29, 1.82) is 0 Å². The third-order valence-corrected chi connectivity index (χ3v) is 5.40. The van der Waals surface area contributed by atoms with Crippen LogP contribution in [0.5, 0.6) is 0 Å². The van der Waals surface area contributed by atoms with Crippen LogP contribution in [0.4, 0.5) is 11.6 Å². The van der Waals surface area contributed by atoms with Crippen LogP contribution in [0.3, 0.4) is 0 Å². The molecular weight excluding hydrogens is 304 g/mol. The number of anilines is 2. The van der Waals surface area contributed by atoms with Crippen LogP contribution in [0.25, 0.3) is 0 Å². The topological polar surface area (TPSA) is 50.7 Å². The number of piperidine rings is 1. The van der Waals surface area contributed by atoms with Gasteiger partial charge in [0, 0.05) is 45.1 Å². The van der Waals surface area contributed by atoms with Gasteiger partial charge in [-0.1, -0.05) is 12.8 Å².